The Morgan fingerprint density at radius 3 is 2.48 bits per heavy atom. The number of hydrogen-bond donors (Lipinski definition) is 0. The van der Waals surface area contributed by atoms with Crippen LogP contribution in [0.4, 0.5) is 0 Å². The molecule has 0 saturated heterocycles. The molecule has 1 amide bonds. The van der Waals surface area contributed by atoms with Crippen LogP contribution < -0.4 is 4.74 Å². The average Bonchev–Trinajstić information content (AvgIpc) is 3.15. The SMILES string of the molecule is Cc1nc(COc2ccc(C(=O)OCC(=O)N(C)C3CCC(C)CC3)cc2)cs1. The minimum atomic E-state index is -0.509. The van der Waals surface area contributed by atoms with E-state index >= 15 is 0 Å². The predicted octanol–water partition coefficient (Wildman–Crippen LogP) is 4.22. The summed E-state index contributed by atoms with van der Waals surface area (Å²) >= 11 is 1.58. The van der Waals surface area contributed by atoms with Crippen molar-refractivity contribution in [3.05, 3.63) is 45.9 Å². The highest BCUT2D eigenvalue weighted by molar-refractivity contribution is 7.09. The Bertz CT molecular complexity index is 826. The minimum Gasteiger partial charge on any atom is -0.487 e. The van der Waals surface area contributed by atoms with Crippen LogP contribution in [0.15, 0.2) is 29.6 Å². The summed E-state index contributed by atoms with van der Waals surface area (Å²) < 4.78 is 10.9. The monoisotopic (exact) mass is 416 g/mol. The molecule has 156 valence electrons. The lowest BCUT2D eigenvalue weighted by molar-refractivity contribution is -0.136. The molecule has 1 saturated carbocycles. The van der Waals surface area contributed by atoms with Gasteiger partial charge in [-0.1, -0.05) is 6.92 Å². The van der Waals surface area contributed by atoms with Gasteiger partial charge in [-0.15, -0.1) is 11.3 Å². The first kappa shape index (κ1) is 21.3. The van der Waals surface area contributed by atoms with E-state index in [4.69, 9.17) is 9.47 Å². The number of carbonyl (C=O) groups is 2. The smallest absolute Gasteiger partial charge is 0.338 e. The average molecular weight is 417 g/mol. The van der Waals surface area contributed by atoms with Crippen molar-refractivity contribution in [1.29, 1.82) is 0 Å². The van der Waals surface area contributed by atoms with Crippen LogP contribution in [0.3, 0.4) is 0 Å². The molecule has 0 spiro atoms. The highest BCUT2D eigenvalue weighted by Gasteiger charge is 2.25. The van der Waals surface area contributed by atoms with E-state index in [2.05, 4.69) is 11.9 Å². The maximum absolute atomic E-state index is 12.4. The summed E-state index contributed by atoms with van der Waals surface area (Å²) in [7, 11) is 1.80. The molecular formula is C22H28N2O4S. The largest absolute Gasteiger partial charge is 0.487 e. The minimum absolute atomic E-state index is 0.156. The van der Waals surface area contributed by atoms with Gasteiger partial charge >= 0.3 is 5.97 Å². The van der Waals surface area contributed by atoms with Gasteiger partial charge in [0.05, 0.1) is 16.3 Å². The van der Waals surface area contributed by atoms with Gasteiger partial charge in [-0.25, -0.2) is 9.78 Å². The number of nitrogens with zero attached hydrogens (tertiary/aromatic N) is 2. The molecule has 0 radical (unpaired) electrons. The first-order valence-corrected chi connectivity index (χ1v) is 10.9. The summed E-state index contributed by atoms with van der Waals surface area (Å²) in [4.78, 5) is 30.7. The fourth-order valence-corrected chi connectivity index (χ4v) is 4.06. The molecule has 0 bridgehead atoms. The molecule has 1 aromatic heterocycles. The Morgan fingerprint density at radius 1 is 1.17 bits per heavy atom. The van der Waals surface area contributed by atoms with Gasteiger partial charge in [0.15, 0.2) is 6.61 Å². The summed E-state index contributed by atoms with van der Waals surface area (Å²) in [5.74, 6) is 0.710. The molecule has 3 rings (SSSR count). The van der Waals surface area contributed by atoms with Gasteiger partial charge in [-0.05, 0) is 62.8 Å². The predicted molar refractivity (Wildman–Crippen MR) is 112 cm³/mol. The molecule has 2 aromatic rings. The first-order chi connectivity index (χ1) is 13.9. The number of aryl methyl sites for hydroxylation is 1. The Labute approximate surface area is 175 Å². The normalized spacial score (nSPS) is 18.9. The molecule has 0 unspecified atom stereocenters. The van der Waals surface area contributed by atoms with Gasteiger partial charge in [-0.3, -0.25) is 4.79 Å². The fourth-order valence-electron chi connectivity index (χ4n) is 3.46. The van der Waals surface area contributed by atoms with E-state index in [1.165, 1.54) is 0 Å². The van der Waals surface area contributed by atoms with Crippen LogP contribution in [-0.4, -0.2) is 41.5 Å². The number of carbonyl (C=O) groups excluding carboxylic acids is 2. The highest BCUT2D eigenvalue weighted by atomic mass is 32.1. The number of hydrogen-bond acceptors (Lipinski definition) is 6. The zero-order chi connectivity index (χ0) is 20.8. The van der Waals surface area contributed by atoms with E-state index in [0.29, 0.717) is 17.9 Å². The Hall–Kier alpha value is -2.41. The van der Waals surface area contributed by atoms with Crippen molar-refractivity contribution >= 4 is 23.2 Å². The number of esters is 1. The third-order valence-corrected chi connectivity index (χ3v) is 6.22. The Balaban J connectivity index is 1.44. The van der Waals surface area contributed by atoms with Gasteiger partial charge in [-0.2, -0.15) is 0 Å². The van der Waals surface area contributed by atoms with Crippen molar-refractivity contribution in [2.45, 2.75) is 52.2 Å². The number of ether oxygens (including phenoxy) is 2. The maximum atomic E-state index is 12.4. The van der Waals surface area contributed by atoms with Gasteiger partial charge in [0.1, 0.15) is 12.4 Å². The number of benzene rings is 1. The number of rotatable bonds is 7. The molecule has 29 heavy (non-hydrogen) atoms. The quantitative estimate of drug-likeness (QED) is 0.632. The summed E-state index contributed by atoms with van der Waals surface area (Å²) in [5, 5.41) is 2.96. The number of amides is 1. The molecule has 7 heteroatoms. The summed E-state index contributed by atoms with van der Waals surface area (Å²) in [6.07, 6.45) is 4.30. The van der Waals surface area contributed by atoms with E-state index in [-0.39, 0.29) is 18.6 Å². The van der Waals surface area contributed by atoms with Gasteiger partial charge in [0, 0.05) is 18.5 Å². The van der Waals surface area contributed by atoms with Crippen LogP contribution >= 0.6 is 11.3 Å². The van der Waals surface area contributed by atoms with E-state index in [1.807, 2.05) is 12.3 Å². The molecule has 0 N–H and O–H groups in total. The third kappa shape index (κ3) is 6.03. The van der Waals surface area contributed by atoms with Gasteiger partial charge < -0.3 is 14.4 Å². The second kappa shape index (κ2) is 9.87. The Morgan fingerprint density at radius 2 is 1.86 bits per heavy atom. The lowest BCUT2D eigenvalue weighted by Gasteiger charge is -2.33. The van der Waals surface area contributed by atoms with E-state index in [1.54, 1.807) is 47.5 Å². The van der Waals surface area contributed by atoms with Crippen LogP contribution in [0.1, 0.15) is 53.7 Å². The third-order valence-electron chi connectivity index (χ3n) is 5.40. The fraction of sp³-hybridized carbons (Fsp3) is 0.500. The molecule has 1 aromatic carbocycles. The second-order valence-electron chi connectivity index (χ2n) is 7.67. The summed E-state index contributed by atoms with van der Waals surface area (Å²) in [6.45, 7) is 4.35. The zero-order valence-electron chi connectivity index (χ0n) is 17.2. The van der Waals surface area contributed by atoms with Gasteiger partial charge in [0.25, 0.3) is 5.91 Å². The van der Waals surface area contributed by atoms with E-state index < -0.39 is 5.97 Å². The first-order valence-electron chi connectivity index (χ1n) is 9.99. The van der Waals surface area contributed by atoms with Crippen molar-refractivity contribution < 1.29 is 19.1 Å². The molecule has 0 aliphatic heterocycles. The highest BCUT2D eigenvalue weighted by Crippen LogP contribution is 2.26. The molecule has 1 aliphatic rings. The van der Waals surface area contributed by atoms with E-state index in [9.17, 15) is 9.59 Å². The number of likely N-dealkylation sites (N-methyl/N-ethyl adjacent to an activating group) is 1. The molecule has 6 nitrogen and oxygen atoms in total. The van der Waals surface area contributed by atoms with Crippen LogP contribution in [0, 0.1) is 12.8 Å². The van der Waals surface area contributed by atoms with Crippen molar-refractivity contribution in [1.82, 2.24) is 9.88 Å². The van der Waals surface area contributed by atoms with Crippen molar-refractivity contribution in [2.75, 3.05) is 13.7 Å². The zero-order valence-corrected chi connectivity index (χ0v) is 18.0. The maximum Gasteiger partial charge on any atom is 0.338 e. The van der Waals surface area contributed by atoms with E-state index in [0.717, 1.165) is 42.3 Å². The van der Waals surface area contributed by atoms with Gasteiger partial charge in [0.2, 0.25) is 0 Å². The number of aromatic nitrogens is 1. The molecule has 0 atom stereocenters. The lowest BCUT2D eigenvalue weighted by atomic mass is 9.87. The molecular weight excluding hydrogens is 388 g/mol. The van der Waals surface area contributed by atoms with Crippen LogP contribution in [-0.2, 0) is 16.1 Å². The molecule has 1 heterocycles. The molecule has 1 aliphatic carbocycles. The number of thiazole rings is 1. The second-order valence-corrected chi connectivity index (χ2v) is 8.73. The van der Waals surface area contributed by atoms with Crippen molar-refractivity contribution in [3.63, 3.8) is 0 Å². The lowest BCUT2D eigenvalue weighted by Crippen LogP contribution is -2.41. The summed E-state index contributed by atoms with van der Waals surface area (Å²) in [6, 6.07) is 6.96. The van der Waals surface area contributed by atoms with Crippen molar-refractivity contribution in [3.8, 4) is 5.75 Å². The van der Waals surface area contributed by atoms with Crippen molar-refractivity contribution in [2.24, 2.45) is 5.92 Å². The summed E-state index contributed by atoms with van der Waals surface area (Å²) in [5.41, 5.74) is 1.27. The topological polar surface area (TPSA) is 68.7 Å². The van der Waals surface area contributed by atoms with Crippen LogP contribution in [0.5, 0.6) is 5.75 Å². The van der Waals surface area contributed by atoms with Crippen LogP contribution in [0.2, 0.25) is 0 Å². The van der Waals surface area contributed by atoms with Crippen LogP contribution in [0.25, 0.3) is 0 Å². The Kier molecular flexibility index (Phi) is 7.25. The standard InChI is InChI=1S/C22H28N2O4S/c1-15-4-8-19(9-5-15)24(3)21(25)13-28-22(26)17-6-10-20(11-7-17)27-12-18-14-29-16(2)23-18/h6-7,10-11,14-15,19H,4-5,8-9,12-13H2,1-3H3. The molecule has 1 fully saturated rings.